The largest absolute Gasteiger partial charge is 0.394 e. The Balaban J connectivity index is 2.13. The molecule has 6 heteroatoms. The summed E-state index contributed by atoms with van der Waals surface area (Å²) in [6.07, 6.45) is 4.14. The minimum absolute atomic E-state index is 0.0304. The lowest BCUT2D eigenvalue weighted by molar-refractivity contribution is -0.124. The van der Waals surface area contributed by atoms with Crippen molar-refractivity contribution >= 4 is 5.91 Å². The molecule has 17 heavy (non-hydrogen) atoms. The van der Waals surface area contributed by atoms with Gasteiger partial charge in [-0.2, -0.15) is 5.10 Å². The van der Waals surface area contributed by atoms with E-state index in [-0.39, 0.29) is 18.6 Å². The number of amides is 1. The van der Waals surface area contributed by atoms with Gasteiger partial charge in [0, 0.05) is 25.5 Å². The summed E-state index contributed by atoms with van der Waals surface area (Å²) in [6, 6.07) is 1.48. The Labute approximate surface area is 101 Å². The first-order chi connectivity index (χ1) is 8.25. The van der Waals surface area contributed by atoms with E-state index in [1.165, 1.54) is 0 Å². The van der Waals surface area contributed by atoms with Gasteiger partial charge in [-0.3, -0.25) is 9.48 Å². The molecule has 1 atom stereocenters. The van der Waals surface area contributed by atoms with Crippen LogP contribution >= 0.6 is 0 Å². The number of carbonyl (C=O) groups is 1. The quantitative estimate of drug-likeness (QED) is 0.626. The summed E-state index contributed by atoms with van der Waals surface area (Å²) >= 11 is 0. The lowest BCUT2D eigenvalue weighted by Gasteiger charge is -2.12. The monoisotopic (exact) mass is 241 g/mol. The van der Waals surface area contributed by atoms with E-state index < -0.39 is 0 Å². The number of hydrogen-bond donors (Lipinski definition) is 2. The molecule has 0 aliphatic carbocycles. The van der Waals surface area contributed by atoms with Crippen molar-refractivity contribution in [3.8, 4) is 0 Å². The lowest BCUT2D eigenvalue weighted by Crippen LogP contribution is -2.32. The molecule has 0 aliphatic rings. The van der Waals surface area contributed by atoms with Crippen LogP contribution in [0.25, 0.3) is 0 Å². The number of aliphatic hydroxyl groups is 1. The Hall–Kier alpha value is -1.40. The second-order valence-electron chi connectivity index (χ2n) is 3.64. The molecule has 1 rings (SSSR count). The minimum Gasteiger partial charge on any atom is -0.394 e. The molecule has 0 aromatic carbocycles. The molecule has 1 amide bonds. The SMILES string of the molecule is CC(C(=O)NCCCOCCO)n1cccn1. The fraction of sp³-hybridized carbons (Fsp3) is 0.636. The zero-order chi connectivity index (χ0) is 12.5. The second kappa shape index (κ2) is 7.81. The summed E-state index contributed by atoms with van der Waals surface area (Å²) in [5.41, 5.74) is 0. The molecular formula is C11H19N3O3. The number of hydrogen-bond acceptors (Lipinski definition) is 4. The van der Waals surface area contributed by atoms with Crippen LogP contribution in [0.15, 0.2) is 18.5 Å². The van der Waals surface area contributed by atoms with Crippen LogP contribution in [0.1, 0.15) is 19.4 Å². The first-order valence-electron chi connectivity index (χ1n) is 5.71. The molecule has 0 bridgehead atoms. The van der Waals surface area contributed by atoms with Gasteiger partial charge in [0.15, 0.2) is 0 Å². The molecule has 0 aliphatic heterocycles. The van der Waals surface area contributed by atoms with Gasteiger partial charge in [0.05, 0.1) is 13.2 Å². The molecule has 2 N–H and O–H groups in total. The Morgan fingerprint density at radius 3 is 3.06 bits per heavy atom. The van der Waals surface area contributed by atoms with Crippen molar-refractivity contribution in [3.63, 3.8) is 0 Å². The normalized spacial score (nSPS) is 12.4. The van der Waals surface area contributed by atoms with Crippen molar-refractivity contribution in [3.05, 3.63) is 18.5 Å². The second-order valence-corrected chi connectivity index (χ2v) is 3.64. The van der Waals surface area contributed by atoms with Crippen LogP contribution in [0.2, 0.25) is 0 Å². The number of ether oxygens (including phenoxy) is 1. The fourth-order valence-electron chi connectivity index (χ4n) is 1.33. The van der Waals surface area contributed by atoms with Crippen LogP contribution in [0.4, 0.5) is 0 Å². The highest BCUT2D eigenvalue weighted by molar-refractivity contribution is 5.79. The Kier molecular flexibility index (Phi) is 6.27. The van der Waals surface area contributed by atoms with Crippen molar-refractivity contribution in [1.29, 1.82) is 0 Å². The lowest BCUT2D eigenvalue weighted by atomic mass is 10.3. The van der Waals surface area contributed by atoms with Gasteiger partial charge >= 0.3 is 0 Å². The van der Waals surface area contributed by atoms with E-state index in [1.54, 1.807) is 30.1 Å². The molecule has 0 saturated carbocycles. The summed E-state index contributed by atoms with van der Waals surface area (Å²) in [5.74, 6) is -0.0594. The van der Waals surface area contributed by atoms with Crippen molar-refractivity contribution < 1.29 is 14.6 Å². The third-order valence-corrected chi connectivity index (χ3v) is 2.30. The molecule has 1 aromatic heterocycles. The van der Waals surface area contributed by atoms with Crippen molar-refractivity contribution in [2.24, 2.45) is 0 Å². The van der Waals surface area contributed by atoms with Gasteiger partial charge in [0.1, 0.15) is 6.04 Å². The molecule has 0 radical (unpaired) electrons. The van der Waals surface area contributed by atoms with Gasteiger partial charge in [-0.15, -0.1) is 0 Å². The highest BCUT2D eigenvalue weighted by Gasteiger charge is 2.13. The van der Waals surface area contributed by atoms with Crippen molar-refractivity contribution in [1.82, 2.24) is 15.1 Å². The fourth-order valence-corrected chi connectivity index (χ4v) is 1.33. The molecule has 96 valence electrons. The van der Waals surface area contributed by atoms with Crippen LogP contribution in [0.3, 0.4) is 0 Å². The first kappa shape index (κ1) is 13.7. The molecular weight excluding hydrogens is 222 g/mol. The van der Waals surface area contributed by atoms with Crippen LogP contribution < -0.4 is 5.32 Å². The highest BCUT2D eigenvalue weighted by atomic mass is 16.5. The van der Waals surface area contributed by atoms with E-state index in [4.69, 9.17) is 9.84 Å². The van der Waals surface area contributed by atoms with Gasteiger partial charge in [0.25, 0.3) is 0 Å². The van der Waals surface area contributed by atoms with Crippen molar-refractivity contribution in [2.45, 2.75) is 19.4 Å². The smallest absolute Gasteiger partial charge is 0.244 e. The van der Waals surface area contributed by atoms with E-state index in [1.807, 2.05) is 0 Å². The molecule has 1 aromatic rings. The maximum atomic E-state index is 11.7. The predicted octanol–water partition coefficient (Wildman–Crippen LogP) is -0.0407. The van der Waals surface area contributed by atoms with Gasteiger partial charge in [-0.05, 0) is 19.4 Å². The summed E-state index contributed by atoms with van der Waals surface area (Å²) in [6.45, 7) is 3.28. The first-order valence-corrected chi connectivity index (χ1v) is 5.71. The number of aliphatic hydroxyl groups excluding tert-OH is 1. The average Bonchev–Trinajstić information content (AvgIpc) is 2.86. The Morgan fingerprint density at radius 1 is 1.59 bits per heavy atom. The van der Waals surface area contributed by atoms with E-state index in [0.717, 1.165) is 6.42 Å². The van der Waals surface area contributed by atoms with E-state index >= 15 is 0 Å². The van der Waals surface area contributed by atoms with E-state index in [2.05, 4.69) is 10.4 Å². The summed E-state index contributed by atoms with van der Waals surface area (Å²) < 4.78 is 6.69. The highest BCUT2D eigenvalue weighted by Crippen LogP contribution is 2.02. The standard InChI is InChI=1S/C11H19N3O3/c1-10(14-6-2-5-13-14)11(16)12-4-3-8-17-9-7-15/h2,5-6,10,15H,3-4,7-9H2,1H3,(H,12,16). The van der Waals surface area contributed by atoms with Crippen molar-refractivity contribution in [2.75, 3.05) is 26.4 Å². The van der Waals surface area contributed by atoms with E-state index in [9.17, 15) is 4.79 Å². The molecule has 6 nitrogen and oxygen atoms in total. The molecule has 0 fully saturated rings. The number of nitrogens with one attached hydrogen (secondary N) is 1. The summed E-state index contributed by atoms with van der Waals surface area (Å²) in [7, 11) is 0. The summed E-state index contributed by atoms with van der Waals surface area (Å²) in [4.78, 5) is 11.7. The maximum Gasteiger partial charge on any atom is 0.244 e. The zero-order valence-corrected chi connectivity index (χ0v) is 10.0. The summed E-state index contributed by atoms with van der Waals surface area (Å²) in [5, 5.41) is 15.3. The number of nitrogens with zero attached hydrogens (tertiary/aromatic N) is 2. The van der Waals surface area contributed by atoms with Crippen LogP contribution in [-0.2, 0) is 9.53 Å². The van der Waals surface area contributed by atoms with Crippen LogP contribution in [0, 0.1) is 0 Å². The third kappa shape index (κ3) is 4.97. The van der Waals surface area contributed by atoms with Gasteiger partial charge < -0.3 is 15.2 Å². The van der Waals surface area contributed by atoms with Gasteiger partial charge in [-0.25, -0.2) is 0 Å². The Bertz CT molecular complexity index is 314. The number of carbonyl (C=O) groups excluding carboxylic acids is 1. The Morgan fingerprint density at radius 2 is 2.41 bits per heavy atom. The molecule has 0 saturated heterocycles. The zero-order valence-electron chi connectivity index (χ0n) is 10.0. The van der Waals surface area contributed by atoms with Gasteiger partial charge in [-0.1, -0.05) is 0 Å². The number of aromatic nitrogens is 2. The molecule has 1 unspecified atom stereocenters. The average molecular weight is 241 g/mol. The third-order valence-electron chi connectivity index (χ3n) is 2.30. The van der Waals surface area contributed by atoms with Crippen LogP contribution in [-0.4, -0.2) is 47.2 Å². The molecule has 0 spiro atoms. The van der Waals surface area contributed by atoms with Crippen LogP contribution in [0.5, 0.6) is 0 Å². The topological polar surface area (TPSA) is 76.4 Å². The van der Waals surface area contributed by atoms with E-state index in [0.29, 0.717) is 19.8 Å². The maximum absolute atomic E-state index is 11.7. The van der Waals surface area contributed by atoms with Gasteiger partial charge in [0.2, 0.25) is 5.91 Å². The minimum atomic E-state index is -0.302. The number of rotatable bonds is 8. The molecule has 1 heterocycles. The predicted molar refractivity (Wildman–Crippen MR) is 62.5 cm³/mol.